The molecule has 0 aliphatic rings. The zero-order valence-electron chi connectivity index (χ0n) is 16.3. The van der Waals surface area contributed by atoms with E-state index in [0.29, 0.717) is 24.1 Å². The minimum Gasteiger partial charge on any atom is -0.480 e. The van der Waals surface area contributed by atoms with Crippen molar-refractivity contribution in [3.8, 4) is 11.4 Å². The van der Waals surface area contributed by atoms with Crippen LogP contribution in [0.1, 0.15) is 57.9 Å². The first-order chi connectivity index (χ1) is 12.8. The summed E-state index contributed by atoms with van der Waals surface area (Å²) in [5, 5.41) is 13.0. The molecule has 7 heteroatoms. The molecule has 1 atom stereocenters. The maximum atomic E-state index is 12.4. The molecule has 7 nitrogen and oxygen atoms in total. The molecule has 2 rings (SSSR count). The van der Waals surface area contributed by atoms with E-state index >= 15 is 0 Å². The minimum absolute atomic E-state index is 0.130. The lowest BCUT2D eigenvalue weighted by Gasteiger charge is -2.26. The van der Waals surface area contributed by atoms with E-state index in [-0.39, 0.29) is 31.3 Å². The van der Waals surface area contributed by atoms with Gasteiger partial charge in [0, 0.05) is 24.4 Å². The fourth-order valence-electron chi connectivity index (χ4n) is 2.70. The van der Waals surface area contributed by atoms with Crippen LogP contribution in [0.2, 0.25) is 0 Å². The number of benzene rings is 1. The molecule has 146 valence electrons. The molecular weight excluding hydrogens is 346 g/mol. The predicted octanol–water partition coefficient (Wildman–Crippen LogP) is 3.50. The van der Waals surface area contributed by atoms with Crippen molar-refractivity contribution in [1.29, 1.82) is 0 Å². The first kappa shape index (κ1) is 20.6. The first-order valence-electron chi connectivity index (χ1n) is 9.26. The fraction of sp³-hybridized carbons (Fsp3) is 0.500. The average Bonchev–Trinajstić information content (AvgIpc) is 3.12. The summed E-state index contributed by atoms with van der Waals surface area (Å²) in [6, 6.07) is 7.84. The number of amides is 1. The van der Waals surface area contributed by atoms with Gasteiger partial charge in [0.05, 0.1) is 0 Å². The summed E-state index contributed by atoms with van der Waals surface area (Å²) >= 11 is 0. The van der Waals surface area contributed by atoms with Gasteiger partial charge >= 0.3 is 5.97 Å². The van der Waals surface area contributed by atoms with Gasteiger partial charge in [0.15, 0.2) is 0 Å². The highest BCUT2D eigenvalue weighted by atomic mass is 16.5. The van der Waals surface area contributed by atoms with Gasteiger partial charge in [-0.3, -0.25) is 9.59 Å². The zero-order valence-corrected chi connectivity index (χ0v) is 16.3. The largest absolute Gasteiger partial charge is 0.480 e. The number of carbonyl (C=O) groups is 2. The number of nitrogens with zero attached hydrogens (tertiary/aromatic N) is 3. The van der Waals surface area contributed by atoms with Crippen LogP contribution in [-0.4, -0.2) is 44.6 Å². The Morgan fingerprint density at radius 2 is 1.85 bits per heavy atom. The number of carboxylic acids is 1. The molecule has 0 bridgehead atoms. The molecule has 1 heterocycles. The van der Waals surface area contributed by atoms with E-state index in [4.69, 9.17) is 9.63 Å². The summed E-state index contributed by atoms with van der Waals surface area (Å²) in [5.74, 6) is 0.0503. The highest BCUT2D eigenvalue weighted by molar-refractivity contribution is 5.81. The van der Waals surface area contributed by atoms with Crippen molar-refractivity contribution in [2.75, 3.05) is 6.54 Å². The lowest BCUT2D eigenvalue weighted by Crippen LogP contribution is -2.41. The summed E-state index contributed by atoms with van der Waals surface area (Å²) in [5.41, 5.74) is 2.09. The average molecular weight is 373 g/mol. The summed E-state index contributed by atoms with van der Waals surface area (Å²) < 4.78 is 5.25. The Kier molecular flexibility index (Phi) is 7.10. The highest BCUT2D eigenvalue weighted by Crippen LogP contribution is 2.21. The van der Waals surface area contributed by atoms with Crippen molar-refractivity contribution < 1.29 is 19.2 Å². The van der Waals surface area contributed by atoms with Crippen LogP contribution < -0.4 is 0 Å². The molecule has 0 spiro atoms. The Balaban J connectivity index is 2.00. The van der Waals surface area contributed by atoms with Crippen molar-refractivity contribution in [2.45, 2.75) is 58.9 Å². The maximum Gasteiger partial charge on any atom is 0.323 e. The van der Waals surface area contributed by atoms with Gasteiger partial charge in [-0.25, -0.2) is 0 Å². The van der Waals surface area contributed by atoms with Crippen molar-refractivity contribution in [1.82, 2.24) is 15.0 Å². The van der Waals surface area contributed by atoms with E-state index in [2.05, 4.69) is 24.0 Å². The van der Waals surface area contributed by atoms with Crippen LogP contribution >= 0.6 is 0 Å². The lowest BCUT2D eigenvalue weighted by atomic mass is 10.0. The maximum absolute atomic E-state index is 12.4. The molecular formula is C20H27N3O4. The number of hydrogen-bond acceptors (Lipinski definition) is 5. The second-order valence-electron chi connectivity index (χ2n) is 6.96. The molecule has 0 radical (unpaired) electrons. The van der Waals surface area contributed by atoms with Crippen LogP contribution in [0.25, 0.3) is 11.4 Å². The van der Waals surface area contributed by atoms with Crippen LogP contribution in [0.4, 0.5) is 0 Å². The minimum atomic E-state index is -1.02. The third-order valence-corrected chi connectivity index (χ3v) is 4.61. The number of aryl methyl sites for hydroxylation is 1. The lowest BCUT2D eigenvalue weighted by molar-refractivity contribution is -0.146. The summed E-state index contributed by atoms with van der Waals surface area (Å²) in [4.78, 5) is 29.1. The molecule has 1 unspecified atom stereocenters. The molecule has 0 aliphatic heterocycles. The fourth-order valence-corrected chi connectivity index (χ4v) is 2.70. The van der Waals surface area contributed by atoms with E-state index in [1.807, 2.05) is 38.1 Å². The van der Waals surface area contributed by atoms with Crippen LogP contribution in [0.15, 0.2) is 28.8 Å². The molecule has 27 heavy (non-hydrogen) atoms. The summed E-state index contributed by atoms with van der Waals surface area (Å²) in [7, 11) is 0. The van der Waals surface area contributed by atoms with Crippen LogP contribution in [0, 0.1) is 0 Å². The third kappa shape index (κ3) is 5.64. The van der Waals surface area contributed by atoms with Crippen molar-refractivity contribution >= 4 is 11.9 Å². The topological polar surface area (TPSA) is 96.5 Å². The number of carboxylic acid groups (broad SMARTS) is 1. The van der Waals surface area contributed by atoms with Gasteiger partial charge in [-0.15, -0.1) is 0 Å². The molecule has 1 aromatic heterocycles. The van der Waals surface area contributed by atoms with Crippen LogP contribution in [0.3, 0.4) is 0 Å². The van der Waals surface area contributed by atoms with E-state index in [0.717, 1.165) is 5.56 Å². The van der Waals surface area contributed by atoms with Crippen LogP contribution in [0.5, 0.6) is 0 Å². The molecule has 0 fully saturated rings. The Labute approximate surface area is 159 Å². The Hall–Kier alpha value is -2.70. The molecule has 2 aromatic rings. The Bertz CT molecular complexity index is 768. The number of aliphatic carboxylic acids is 1. The van der Waals surface area contributed by atoms with Crippen molar-refractivity contribution in [2.24, 2.45) is 0 Å². The monoisotopic (exact) mass is 373 g/mol. The van der Waals surface area contributed by atoms with Gasteiger partial charge in [0.1, 0.15) is 6.54 Å². The Morgan fingerprint density at radius 1 is 1.19 bits per heavy atom. The Morgan fingerprint density at radius 3 is 2.41 bits per heavy atom. The second kappa shape index (κ2) is 9.30. The number of rotatable bonds is 9. The van der Waals surface area contributed by atoms with Gasteiger partial charge in [0.25, 0.3) is 0 Å². The number of carbonyl (C=O) groups excluding carboxylic acids is 1. The van der Waals surface area contributed by atoms with E-state index in [9.17, 15) is 9.59 Å². The summed E-state index contributed by atoms with van der Waals surface area (Å²) in [6.07, 6.45) is 1.10. The highest BCUT2D eigenvalue weighted by Gasteiger charge is 2.22. The molecule has 0 saturated carbocycles. The SMILES string of the molecule is CCC(C)N(CC(=O)O)C(=O)CCc1nc(-c2ccc(C(C)C)cc2)no1. The van der Waals surface area contributed by atoms with Gasteiger partial charge in [0.2, 0.25) is 17.6 Å². The normalized spacial score (nSPS) is 12.2. The second-order valence-corrected chi connectivity index (χ2v) is 6.96. The number of aromatic nitrogens is 2. The third-order valence-electron chi connectivity index (χ3n) is 4.61. The van der Waals surface area contributed by atoms with Crippen LogP contribution in [-0.2, 0) is 16.0 Å². The number of hydrogen-bond donors (Lipinski definition) is 1. The van der Waals surface area contributed by atoms with Gasteiger partial charge in [-0.2, -0.15) is 4.98 Å². The molecule has 1 N–H and O–H groups in total. The predicted molar refractivity (Wildman–Crippen MR) is 101 cm³/mol. The standard InChI is InChI=1S/C20H27N3O4/c1-5-14(4)23(12-19(25)26)18(24)11-10-17-21-20(22-27-17)16-8-6-15(7-9-16)13(2)3/h6-9,13-14H,5,10-12H2,1-4H3,(H,25,26). The van der Waals surface area contributed by atoms with Gasteiger partial charge in [-0.05, 0) is 24.8 Å². The van der Waals surface area contributed by atoms with Crippen molar-refractivity contribution in [3.05, 3.63) is 35.7 Å². The van der Waals surface area contributed by atoms with Gasteiger partial charge < -0.3 is 14.5 Å². The zero-order chi connectivity index (χ0) is 20.0. The van der Waals surface area contributed by atoms with Gasteiger partial charge in [-0.1, -0.05) is 50.2 Å². The molecule has 1 aromatic carbocycles. The van der Waals surface area contributed by atoms with Crippen molar-refractivity contribution in [3.63, 3.8) is 0 Å². The van der Waals surface area contributed by atoms with E-state index in [1.165, 1.54) is 10.5 Å². The molecule has 0 aliphatic carbocycles. The first-order valence-corrected chi connectivity index (χ1v) is 9.26. The molecule has 1 amide bonds. The summed E-state index contributed by atoms with van der Waals surface area (Å²) in [6.45, 7) is 7.72. The molecule has 0 saturated heterocycles. The van der Waals surface area contributed by atoms with E-state index in [1.54, 1.807) is 0 Å². The van der Waals surface area contributed by atoms with E-state index < -0.39 is 5.97 Å². The quantitative estimate of drug-likeness (QED) is 0.722. The smallest absolute Gasteiger partial charge is 0.323 e.